The first-order chi connectivity index (χ1) is 34.5. The zero-order chi connectivity index (χ0) is 53.3. The van der Waals surface area contributed by atoms with E-state index in [-0.39, 0.29) is 19.3 Å². The smallest absolute Gasteiger partial charge is 0.462 e. The van der Waals surface area contributed by atoms with Crippen molar-refractivity contribution in [3.8, 4) is 0 Å². The summed E-state index contributed by atoms with van der Waals surface area (Å²) in [5, 5.41) is 51.3. The maximum absolute atomic E-state index is 13.0. The zero-order valence-electron chi connectivity index (χ0n) is 42.2. The molecule has 1 aliphatic rings. The molecule has 1 rings (SSSR count). The first-order valence-corrected chi connectivity index (χ1v) is 28.2. The number of ether oxygens (including phenoxy) is 2. The monoisotopic (exact) mass is 1050 g/mol. The van der Waals surface area contributed by atoms with Crippen LogP contribution in [0.15, 0.2) is 122 Å². The Morgan fingerprint density at radius 2 is 1.00 bits per heavy atom. The molecule has 0 saturated heterocycles. The number of phosphoric ester groups is 2. The zero-order valence-corrected chi connectivity index (χ0v) is 44.0. The first-order valence-electron chi connectivity index (χ1n) is 25.2. The summed E-state index contributed by atoms with van der Waals surface area (Å²) < 4.78 is 49.3. The van der Waals surface area contributed by atoms with Gasteiger partial charge in [-0.1, -0.05) is 161 Å². The molecule has 9 atom stereocenters. The number of carbonyl (C=O) groups excluding carboxylic acids is 2. The minimum absolute atomic E-state index is 0.0705. The Morgan fingerprint density at radius 1 is 0.514 bits per heavy atom. The number of hydrogen-bond acceptors (Lipinski definition) is 14. The molecule has 8 N–H and O–H groups in total. The molecule has 0 aromatic rings. The molecule has 17 nitrogen and oxygen atoms in total. The summed E-state index contributed by atoms with van der Waals surface area (Å²) >= 11 is 0. The fourth-order valence-corrected chi connectivity index (χ4v) is 8.31. The van der Waals surface area contributed by atoms with E-state index in [1.54, 1.807) is 18.2 Å². The number of carbonyl (C=O) groups is 2. The van der Waals surface area contributed by atoms with Gasteiger partial charge >= 0.3 is 27.6 Å². The van der Waals surface area contributed by atoms with Gasteiger partial charge in [0.05, 0.1) is 12.7 Å². The molecule has 0 amide bonds. The summed E-state index contributed by atoms with van der Waals surface area (Å²) in [6, 6.07) is 0. The lowest BCUT2D eigenvalue weighted by Gasteiger charge is -2.43. The van der Waals surface area contributed by atoms with Crippen molar-refractivity contribution in [3.63, 3.8) is 0 Å². The number of phosphoric acid groups is 2. The average molecular weight is 1060 g/mol. The summed E-state index contributed by atoms with van der Waals surface area (Å²) in [4.78, 5) is 54.4. The minimum Gasteiger partial charge on any atom is -0.462 e. The van der Waals surface area contributed by atoms with E-state index >= 15 is 0 Å². The third kappa shape index (κ3) is 35.5. The molecule has 6 unspecified atom stereocenters. The molecule has 0 radical (unpaired) electrons. The number of hydrogen-bond donors (Lipinski definition) is 8. The van der Waals surface area contributed by atoms with Gasteiger partial charge in [0.2, 0.25) is 0 Å². The van der Waals surface area contributed by atoms with Gasteiger partial charge < -0.3 is 49.7 Å². The molecule has 19 heteroatoms. The molecule has 1 fully saturated rings. The lowest BCUT2D eigenvalue weighted by molar-refractivity contribution is -0.216. The van der Waals surface area contributed by atoms with Gasteiger partial charge in [-0.3, -0.25) is 23.2 Å². The normalized spacial score (nSPS) is 22.2. The Balaban J connectivity index is 2.65. The Hall–Kier alpha value is -3.64. The highest BCUT2D eigenvalue weighted by atomic mass is 31.2. The van der Waals surface area contributed by atoms with Crippen molar-refractivity contribution >= 4 is 27.6 Å². The van der Waals surface area contributed by atoms with Gasteiger partial charge in [-0.25, -0.2) is 9.13 Å². The second-order valence-electron chi connectivity index (χ2n) is 17.0. The third-order valence-electron chi connectivity index (χ3n) is 10.6. The van der Waals surface area contributed by atoms with Gasteiger partial charge in [0.15, 0.2) is 6.10 Å². The molecule has 0 bridgehead atoms. The lowest BCUT2D eigenvalue weighted by Crippen LogP contribution is -2.64. The molecule has 0 spiro atoms. The van der Waals surface area contributed by atoms with Crippen LogP contribution in [0.1, 0.15) is 136 Å². The molecule has 0 aliphatic heterocycles. The maximum atomic E-state index is 13.0. The van der Waals surface area contributed by atoms with E-state index in [1.165, 1.54) is 0 Å². The second-order valence-corrected chi connectivity index (χ2v) is 19.6. The molecule has 0 heterocycles. The molecule has 1 aliphatic carbocycles. The maximum Gasteiger partial charge on any atom is 0.472 e. The molecule has 408 valence electrons. The minimum atomic E-state index is -5.39. The largest absolute Gasteiger partial charge is 0.472 e. The van der Waals surface area contributed by atoms with Crippen molar-refractivity contribution in [2.75, 3.05) is 13.2 Å². The summed E-state index contributed by atoms with van der Waals surface area (Å²) in [6.07, 6.45) is 38.9. The molecular weight excluding hydrogens is 971 g/mol. The highest BCUT2D eigenvalue weighted by Crippen LogP contribution is 2.49. The fraction of sp³-hybridized carbons (Fsp3) is 0.585. The van der Waals surface area contributed by atoms with Gasteiger partial charge in [0.25, 0.3) is 0 Å². The summed E-state index contributed by atoms with van der Waals surface area (Å²) in [5.74, 6) is -1.36. The van der Waals surface area contributed by atoms with Gasteiger partial charge in [-0.2, -0.15) is 0 Å². The van der Waals surface area contributed by atoms with Gasteiger partial charge in [0, 0.05) is 12.8 Å². The summed E-state index contributed by atoms with van der Waals surface area (Å²) in [6.45, 7) is 2.74. The number of aliphatic hydroxyl groups is 5. The topological polar surface area (TPSA) is 276 Å². The Bertz CT molecular complexity index is 1860. The van der Waals surface area contributed by atoms with Crippen molar-refractivity contribution in [2.45, 2.75) is 185 Å². The van der Waals surface area contributed by atoms with Crippen LogP contribution in [-0.4, -0.2) is 114 Å². The van der Waals surface area contributed by atoms with E-state index in [1.807, 2.05) is 42.5 Å². The van der Waals surface area contributed by atoms with E-state index in [0.717, 1.165) is 77.0 Å². The third-order valence-corrected chi connectivity index (χ3v) is 12.1. The predicted octanol–water partition coefficient (Wildman–Crippen LogP) is 9.25. The predicted molar refractivity (Wildman–Crippen MR) is 279 cm³/mol. The molecule has 0 aromatic carbocycles. The van der Waals surface area contributed by atoms with Crippen molar-refractivity contribution < 1.29 is 82.0 Å². The Kier molecular flexibility index (Phi) is 38.4. The lowest BCUT2D eigenvalue weighted by atomic mass is 9.85. The van der Waals surface area contributed by atoms with Crippen molar-refractivity contribution in [1.29, 1.82) is 0 Å². The van der Waals surface area contributed by atoms with Crippen LogP contribution in [0.25, 0.3) is 0 Å². The molecule has 72 heavy (non-hydrogen) atoms. The summed E-state index contributed by atoms with van der Waals surface area (Å²) in [5.41, 5.74) is 0. The molecular formula is C53H84O17P2. The first kappa shape index (κ1) is 66.4. The van der Waals surface area contributed by atoms with Crippen LogP contribution in [0.5, 0.6) is 0 Å². The van der Waals surface area contributed by atoms with Crippen LogP contribution >= 0.6 is 15.6 Å². The van der Waals surface area contributed by atoms with Crippen LogP contribution in [0.2, 0.25) is 0 Å². The van der Waals surface area contributed by atoms with Crippen molar-refractivity contribution in [1.82, 2.24) is 0 Å². The Labute approximate surface area is 427 Å². The van der Waals surface area contributed by atoms with Crippen LogP contribution in [0, 0.1) is 0 Å². The van der Waals surface area contributed by atoms with E-state index in [4.69, 9.17) is 18.5 Å². The fourth-order valence-electron chi connectivity index (χ4n) is 6.77. The quantitative estimate of drug-likeness (QED) is 0.00933. The van der Waals surface area contributed by atoms with E-state index in [2.05, 4.69) is 79.1 Å². The van der Waals surface area contributed by atoms with Crippen LogP contribution in [-0.2, 0) is 41.8 Å². The average Bonchev–Trinajstić information content (AvgIpc) is 3.33. The second kappa shape index (κ2) is 41.7. The SMILES string of the molecule is CC/C=C\C/C=C\C/C=C\C/C=C\CCCCCCCCC(=O)OC[C@H](COP(=O)(O)O[C@H]1C(O)C(O)C(O)[C@@H](OP(=O)(O)O)C1O)OC(=O)CC/C=C\C/C=C\C/C=C\C=C\C(O)C/C=C\C/C=C\CC. The van der Waals surface area contributed by atoms with Gasteiger partial charge in [0.1, 0.15) is 43.2 Å². The van der Waals surface area contributed by atoms with Crippen molar-refractivity contribution in [2.24, 2.45) is 0 Å². The van der Waals surface area contributed by atoms with E-state index < -0.39 is 89.6 Å². The van der Waals surface area contributed by atoms with E-state index in [9.17, 15) is 58.9 Å². The van der Waals surface area contributed by atoms with Gasteiger partial charge in [-0.05, 0) is 83.5 Å². The van der Waals surface area contributed by atoms with Crippen LogP contribution < -0.4 is 0 Å². The van der Waals surface area contributed by atoms with Crippen molar-refractivity contribution in [3.05, 3.63) is 122 Å². The van der Waals surface area contributed by atoms with E-state index in [0.29, 0.717) is 25.7 Å². The standard InChI is InChI=1S/C53H84O17P2/c1-3-5-7-9-11-12-13-14-15-16-17-18-19-20-21-25-28-32-36-40-46(55)66-42-45(43-67-72(64,65)70-53-50(59)48(57)49(58)52(51(53)60)69-71(61,62)63)68-47(56)41-37-33-29-26-23-22-24-27-31-35-39-44(54)38-34-30-10-8-6-4-2/h5-8,11-12,14-15,17-18,22-23,27,29-31,33-35,39,44-45,48-54,57-60H,3-4,9-10,13,16,19-21,24-26,28,32,36-38,40-43H2,1-2H3,(H,64,65)(H2,61,62,63)/b7-5-,8-6-,12-11-,15-14-,18-17-,23-22-,31-27-,33-29-,34-30-,39-35+/t44?,45-,48?,49?,50?,51?,52-,53+/m1/s1. The number of allylic oxidation sites excluding steroid dienone is 18. The number of unbranched alkanes of at least 4 members (excludes halogenated alkanes) is 6. The Morgan fingerprint density at radius 3 is 1.57 bits per heavy atom. The molecule has 1 saturated carbocycles. The highest BCUT2D eigenvalue weighted by Gasteiger charge is 2.54. The number of esters is 2. The number of aliphatic hydroxyl groups excluding tert-OH is 5. The number of rotatable bonds is 40. The molecule has 0 aromatic heterocycles. The van der Waals surface area contributed by atoms with Gasteiger partial charge in [-0.15, -0.1) is 0 Å². The van der Waals surface area contributed by atoms with Crippen LogP contribution in [0.4, 0.5) is 0 Å². The highest BCUT2D eigenvalue weighted by molar-refractivity contribution is 7.47. The van der Waals surface area contributed by atoms with Crippen LogP contribution in [0.3, 0.4) is 0 Å². The summed E-state index contributed by atoms with van der Waals surface area (Å²) in [7, 11) is -10.7.